The Bertz CT molecular complexity index is 717. The van der Waals surface area contributed by atoms with Crippen molar-refractivity contribution in [1.29, 1.82) is 0 Å². The van der Waals surface area contributed by atoms with E-state index in [2.05, 4.69) is 36.7 Å². The lowest BCUT2D eigenvalue weighted by Gasteiger charge is -2.19. The molecule has 0 heterocycles. The van der Waals surface area contributed by atoms with Gasteiger partial charge in [0.25, 0.3) is 0 Å². The molecule has 60 heavy (non-hydrogen) atoms. The van der Waals surface area contributed by atoms with Crippen LogP contribution in [0.25, 0.3) is 0 Å². The van der Waals surface area contributed by atoms with Gasteiger partial charge in [-0.15, -0.1) is 0 Å². The van der Waals surface area contributed by atoms with Gasteiger partial charge in [-0.2, -0.15) is 0 Å². The molecule has 0 aliphatic carbocycles. The molecule has 374 valence electrons. The molecule has 0 fully saturated rings. The Balaban J connectivity index is -0.000000936. The average molecular weight is 879 g/mol. The van der Waals surface area contributed by atoms with Crippen LogP contribution < -0.4 is 33.2 Å². The van der Waals surface area contributed by atoms with Gasteiger partial charge >= 0.3 is 0 Å². The summed E-state index contributed by atoms with van der Waals surface area (Å²) in [5.41, 5.74) is 17.0. The molecule has 15 heteroatoms. The Morgan fingerprint density at radius 2 is 0.667 bits per heavy atom. The number of ether oxygens (including phenoxy) is 6. The summed E-state index contributed by atoms with van der Waals surface area (Å²) in [6, 6.07) is 0. The Morgan fingerprint density at radius 1 is 0.400 bits per heavy atom. The predicted molar refractivity (Wildman–Crippen MR) is 257 cm³/mol. The van der Waals surface area contributed by atoms with Crippen LogP contribution >= 0.6 is 0 Å². The Morgan fingerprint density at radius 3 is 0.950 bits per heavy atom. The molecule has 15 nitrogen and oxygen atoms in total. The smallest absolute Gasteiger partial charge is 0.104 e. The van der Waals surface area contributed by atoms with Crippen molar-refractivity contribution < 1.29 is 43.7 Å². The van der Waals surface area contributed by atoms with E-state index in [0.717, 1.165) is 58.2 Å². The third-order valence-electron chi connectivity index (χ3n) is 8.98. The molecule has 6 unspecified atom stereocenters. The summed E-state index contributed by atoms with van der Waals surface area (Å²) in [4.78, 5) is 0. The van der Waals surface area contributed by atoms with E-state index < -0.39 is 18.3 Å². The van der Waals surface area contributed by atoms with Crippen molar-refractivity contribution in [3.8, 4) is 0 Å². The highest BCUT2D eigenvalue weighted by atomic mass is 16.6. The number of nitrogens with two attached hydrogens (primary N) is 3. The third kappa shape index (κ3) is 53.5. The van der Waals surface area contributed by atoms with Crippen LogP contribution in [0.1, 0.15) is 123 Å². The van der Waals surface area contributed by atoms with Crippen LogP contribution in [0.4, 0.5) is 0 Å². The first kappa shape index (κ1) is 73.8. The molecule has 0 spiro atoms. The maximum absolute atomic E-state index is 10.2. The van der Waals surface area contributed by atoms with Gasteiger partial charge in [0.05, 0.1) is 51.3 Å². The summed E-state index contributed by atoms with van der Waals surface area (Å²) in [6.07, 6.45) is 6.56. The number of rotatable bonds is 44. The zero-order valence-corrected chi connectivity index (χ0v) is 34.6. The summed E-state index contributed by atoms with van der Waals surface area (Å²) in [6.45, 7) is 17.2. The van der Waals surface area contributed by atoms with E-state index in [9.17, 15) is 15.3 Å². The number of aliphatic hydroxyl groups excluding tert-OH is 3. The van der Waals surface area contributed by atoms with Crippen LogP contribution in [-0.4, -0.2) is 171 Å². The van der Waals surface area contributed by atoms with E-state index in [1.54, 1.807) is 0 Å². The van der Waals surface area contributed by atoms with E-state index in [4.69, 9.17) is 45.6 Å². The molecular weight excluding hydrogens is 769 g/mol. The monoisotopic (exact) mass is 879 g/mol. The van der Waals surface area contributed by atoms with Crippen molar-refractivity contribution in [2.24, 2.45) is 35.0 Å². The quantitative estimate of drug-likeness (QED) is 0.0386. The third-order valence-corrected chi connectivity index (χ3v) is 8.98. The van der Waals surface area contributed by atoms with Crippen LogP contribution in [0.2, 0.25) is 0 Å². The van der Waals surface area contributed by atoms with E-state index in [0.29, 0.717) is 129 Å². The van der Waals surface area contributed by atoms with Crippen molar-refractivity contribution >= 4 is 0 Å². The summed E-state index contributed by atoms with van der Waals surface area (Å²) >= 11 is 0. The molecule has 0 aliphatic heterocycles. The zero-order valence-electron chi connectivity index (χ0n) is 34.6. The molecule has 0 bridgehead atoms. The van der Waals surface area contributed by atoms with E-state index in [-0.39, 0.29) is 70.5 Å². The van der Waals surface area contributed by atoms with Gasteiger partial charge in [-0.25, -0.2) is 0 Å². The van der Waals surface area contributed by atoms with E-state index >= 15 is 0 Å². The summed E-state index contributed by atoms with van der Waals surface area (Å²) in [5.74, 6) is 1.57. The molecule has 6 atom stereocenters. The second-order valence-corrected chi connectivity index (χ2v) is 15.0. The van der Waals surface area contributed by atoms with Crippen LogP contribution in [0.3, 0.4) is 0 Å². The molecule has 0 aliphatic rings. The van der Waals surface area contributed by atoms with Gasteiger partial charge in [0.1, 0.15) is 6.10 Å². The van der Waals surface area contributed by atoms with Crippen LogP contribution in [0.15, 0.2) is 0 Å². The molecule has 0 saturated carbocycles. The largest absolute Gasteiger partial charge is 0.389 e. The van der Waals surface area contributed by atoms with E-state index in [1.807, 2.05) is 0 Å². The Kier molecular flexibility index (Phi) is 69.4. The summed E-state index contributed by atoms with van der Waals surface area (Å²) in [7, 11) is 0. The van der Waals surface area contributed by atoms with Crippen molar-refractivity contribution in [3.63, 3.8) is 0 Å². The number of aliphatic hydroxyl groups is 3. The van der Waals surface area contributed by atoms with Gasteiger partial charge in [-0.3, -0.25) is 0 Å². The first-order valence-electron chi connectivity index (χ1n) is 21.0. The second kappa shape index (κ2) is 56.4. The number of nitrogens with one attached hydrogen (secondary N) is 3. The topological polar surface area (TPSA) is 230 Å². The normalized spacial score (nSPS) is 14.3. The molecule has 0 amide bonds. The second-order valence-electron chi connectivity index (χ2n) is 15.0. The molecule has 0 radical (unpaired) electrons. The lowest BCUT2D eigenvalue weighted by Crippen LogP contribution is -2.31. The summed E-state index contributed by atoms with van der Waals surface area (Å²) in [5, 5.41) is 40.3. The minimum Gasteiger partial charge on any atom is -0.389 e. The number of hydrogen-bond acceptors (Lipinski definition) is 15. The summed E-state index contributed by atoms with van der Waals surface area (Å²) < 4.78 is 34.8. The maximum atomic E-state index is 10.2. The Labute approximate surface area is 373 Å². The highest BCUT2D eigenvalue weighted by Crippen LogP contribution is 2.04. The van der Waals surface area contributed by atoms with Gasteiger partial charge in [0.2, 0.25) is 0 Å². The minimum atomic E-state index is -0.554. The lowest BCUT2D eigenvalue weighted by atomic mass is 10.1. The predicted octanol–water partition coefficient (Wildman–Crippen LogP) is 4.42. The number of hydrogen-bond donors (Lipinski definition) is 9. The van der Waals surface area contributed by atoms with Gasteiger partial charge < -0.3 is 76.9 Å². The highest BCUT2D eigenvalue weighted by molar-refractivity contribution is 4.63. The highest BCUT2D eigenvalue weighted by Gasteiger charge is 2.12. The first-order chi connectivity index (χ1) is 26.2. The molecule has 12 N–H and O–H groups in total. The fourth-order valence-electron chi connectivity index (χ4n) is 5.23. The SMILES string of the molecule is C.C.C.C.C.C.CC(CN)CCCNCC(O)COCCCOCC(COCCCOCC(O)CNCCCC(C)CN)OCCCOCC(O)CNCCCC(C)CN. The fraction of sp³-hybridized carbons (Fsp3) is 1.00. The van der Waals surface area contributed by atoms with Gasteiger partial charge in [-0.1, -0.05) is 65.3 Å². The van der Waals surface area contributed by atoms with Crippen LogP contribution in [0, 0.1) is 17.8 Å². The standard InChI is InChI=1S/C39H86N6O9.6CH4/c1-33(22-40)10-4-13-43-25-36(46)28-49-16-7-18-52-31-39(54-21-9-20-51-30-38(48)27-45-15-6-12-35(3)24-42)32-53-19-8-17-50-29-37(47)26-44-14-5-11-34(2)23-41;;;;;;/h33-39,43-48H,4-32,40-42H2,1-3H3;6*1H4. The van der Waals surface area contributed by atoms with Gasteiger partial charge in [0.15, 0.2) is 0 Å². The molecule has 0 aromatic rings. The van der Waals surface area contributed by atoms with E-state index in [1.165, 1.54) is 0 Å². The van der Waals surface area contributed by atoms with Crippen LogP contribution in [-0.2, 0) is 28.4 Å². The zero-order chi connectivity index (χ0) is 39.9. The fourth-order valence-corrected chi connectivity index (χ4v) is 5.23. The maximum Gasteiger partial charge on any atom is 0.104 e. The molecule has 0 aromatic carbocycles. The molecule has 0 aromatic heterocycles. The molecule has 0 saturated heterocycles. The average Bonchev–Trinajstić information content (AvgIpc) is 3.17. The van der Waals surface area contributed by atoms with Crippen molar-refractivity contribution in [3.05, 3.63) is 0 Å². The van der Waals surface area contributed by atoms with Crippen molar-refractivity contribution in [2.45, 2.75) is 148 Å². The molecular formula is C45H110N6O9. The minimum absolute atomic E-state index is 0. The van der Waals surface area contributed by atoms with Gasteiger partial charge in [0, 0.05) is 59.3 Å². The van der Waals surface area contributed by atoms with Gasteiger partial charge in [-0.05, 0) is 115 Å². The Hall–Kier alpha value is -0.600. The lowest BCUT2D eigenvalue weighted by molar-refractivity contribution is -0.0697. The van der Waals surface area contributed by atoms with Crippen molar-refractivity contribution in [2.75, 3.05) is 132 Å². The van der Waals surface area contributed by atoms with Crippen molar-refractivity contribution in [1.82, 2.24) is 16.0 Å². The molecule has 0 rings (SSSR count). The first-order valence-corrected chi connectivity index (χ1v) is 21.0. The van der Waals surface area contributed by atoms with Crippen LogP contribution in [0.5, 0.6) is 0 Å².